The normalized spacial score (nSPS) is 20.2. The SMILES string of the molecule is COc1cc(C)c(S(=O)(=O)N2CCn3cccc3C2CC(=O)N2CCCCC2Cc2ccncc2)c(C)c1. The van der Waals surface area contributed by atoms with E-state index in [4.69, 9.17) is 4.74 Å². The summed E-state index contributed by atoms with van der Waals surface area (Å²) in [7, 11) is -2.30. The Kier molecular flexibility index (Phi) is 7.59. The molecule has 0 aliphatic carbocycles. The van der Waals surface area contributed by atoms with Crippen molar-refractivity contribution in [3.05, 3.63) is 77.4 Å². The Morgan fingerprint density at radius 1 is 1.05 bits per heavy atom. The quantitative estimate of drug-likeness (QED) is 0.450. The van der Waals surface area contributed by atoms with Crippen LogP contribution < -0.4 is 4.74 Å². The maximum atomic E-state index is 14.2. The van der Waals surface area contributed by atoms with Crippen LogP contribution in [0.5, 0.6) is 5.75 Å². The highest BCUT2D eigenvalue weighted by Crippen LogP contribution is 2.37. The summed E-state index contributed by atoms with van der Waals surface area (Å²) in [5.74, 6) is 0.635. The number of methoxy groups -OCH3 is 1. The van der Waals surface area contributed by atoms with Crippen LogP contribution in [0.4, 0.5) is 0 Å². The molecule has 8 nitrogen and oxygen atoms in total. The highest BCUT2D eigenvalue weighted by molar-refractivity contribution is 7.89. The van der Waals surface area contributed by atoms with Crippen molar-refractivity contribution in [2.24, 2.45) is 0 Å². The molecular weight excluding hydrogens is 500 g/mol. The van der Waals surface area contributed by atoms with Crippen LogP contribution in [-0.4, -0.2) is 59.3 Å². The van der Waals surface area contributed by atoms with E-state index in [1.807, 2.05) is 35.4 Å². The molecule has 5 rings (SSSR count). The van der Waals surface area contributed by atoms with E-state index in [-0.39, 0.29) is 18.4 Å². The highest BCUT2D eigenvalue weighted by Gasteiger charge is 2.40. The van der Waals surface area contributed by atoms with E-state index < -0.39 is 16.1 Å². The molecule has 3 aromatic rings. The lowest BCUT2D eigenvalue weighted by Gasteiger charge is -2.40. The Morgan fingerprint density at radius 3 is 2.50 bits per heavy atom. The molecule has 2 atom stereocenters. The number of hydrogen-bond acceptors (Lipinski definition) is 5. The van der Waals surface area contributed by atoms with Crippen molar-refractivity contribution in [1.29, 1.82) is 0 Å². The molecule has 0 radical (unpaired) electrons. The van der Waals surface area contributed by atoms with E-state index in [1.165, 1.54) is 0 Å². The molecule has 0 N–H and O–H groups in total. The third-order valence-electron chi connectivity index (χ3n) is 7.89. The van der Waals surface area contributed by atoms with Gasteiger partial charge < -0.3 is 14.2 Å². The maximum Gasteiger partial charge on any atom is 0.244 e. The van der Waals surface area contributed by atoms with Gasteiger partial charge in [0.05, 0.1) is 18.0 Å². The lowest BCUT2D eigenvalue weighted by molar-refractivity contribution is -0.136. The smallest absolute Gasteiger partial charge is 0.244 e. The van der Waals surface area contributed by atoms with Gasteiger partial charge in [0.15, 0.2) is 0 Å². The van der Waals surface area contributed by atoms with Gasteiger partial charge in [-0.15, -0.1) is 0 Å². The molecule has 2 aliphatic heterocycles. The molecule has 2 aromatic heterocycles. The van der Waals surface area contributed by atoms with Crippen LogP contribution in [0.25, 0.3) is 0 Å². The van der Waals surface area contributed by atoms with Gasteiger partial charge in [-0.05, 0) is 92.6 Å². The average molecular weight is 537 g/mol. The number of aryl methyl sites for hydroxylation is 2. The topological polar surface area (TPSA) is 84.7 Å². The van der Waals surface area contributed by atoms with Crippen molar-refractivity contribution in [3.8, 4) is 5.75 Å². The van der Waals surface area contributed by atoms with Crippen LogP contribution >= 0.6 is 0 Å². The third-order valence-corrected chi connectivity index (χ3v) is 10.1. The van der Waals surface area contributed by atoms with Crippen molar-refractivity contribution in [2.75, 3.05) is 20.2 Å². The van der Waals surface area contributed by atoms with Gasteiger partial charge in [0.1, 0.15) is 5.75 Å². The number of aromatic nitrogens is 2. The second kappa shape index (κ2) is 10.9. The number of carbonyl (C=O) groups excluding carboxylic acids is 1. The van der Waals surface area contributed by atoms with E-state index >= 15 is 0 Å². The predicted molar refractivity (Wildman–Crippen MR) is 145 cm³/mol. The summed E-state index contributed by atoms with van der Waals surface area (Å²) in [6.45, 7) is 5.16. The largest absolute Gasteiger partial charge is 0.497 e. The number of hydrogen-bond donors (Lipinski definition) is 0. The Bertz CT molecular complexity index is 1380. The Hall–Kier alpha value is -3.17. The zero-order valence-corrected chi connectivity index (χ0v) is 23.2. The fraction of sp³-hybridized carbons (Fsp3) is 0.448. The fourth-order valence-corrected chi connectivity index (χ4v) is 8.11. The van der Waals surface area contributed by atoms with E-state index in [9.17, 15) is 13.2 Å². The molecule has 9 heteroatoms. The Labute approximate surface area is 225 Å². The van der Waals surface area contributed by atoms with Gasteiger partial charge in [-0.2, -0.15) is 4.31 Å². The number of amides is 1. The molecule has 2 aliphatic rings. The van der Waals surface area contributed by atoms with Crippen LogP contribution in [0, 0.1) is 13.8 Å². The number of benzene rings is 1. The standard InChI is InChI=1S/C29H36N4O4S/c1-21-17-25(37-3)18-22(2)29(21)38(35,36)33-16-15-31-13-6-8-26(31)27(33)20-28(34)32-14-5-4-7-24(32)19-23-9-11-30-12-10-23/h6,8-13,17-18,24,27H,4-5,7,14-16,19-20H2,1-3H3. The molecule has 202 valence electrons. The van der Waals surface area contributed by atoms with Crippen LogP contribution in [-0.2, 0) is 27.8 Å². The highest BCUT2D eigenvalue weighted by atomic mass is 32.2. The van der Waals surface area contributed by atoms with Crippen molar-refractivity contribution in [3.63, 3.8) is 0 Å². The average Bonchev–Trinajstić information content (AvgIpc) is 3.38. The summed E-state index contributed by atoms with van der Waals surface area (Å²) in [6, 6.07) is 10.9. The minimum absolute atomic E-state index is 0.00628. The zero-order valence-electron chi connectivity index (χ0n) is 22.3. The van der Waals surface area contributed by atoms with Crippen LogP contribution in [0.15, 0.2) is 59.9 Å². The minimum Gasteiger partial charge on any atom is -0.497 e. The van der Waals surface area contributed by atoms with Crippen molar-refractivity contribution in [2.45, 2.75) is 69.5 Å². The van der Waals surface area contributed by atoms with Crippen LogP contribution in [0.3, 0.4) is 0 Å². The summed E-state index contributed by atoms with van der Waals surface area (Å²) in [4.78, 5) is 20.3. The summed E-state index contributed by atoms with van der Waals surface area (Å²) < 4.78 is 37.3. The van der Waals surface area contributed by atoms with E-state index in [2.05, 4.69) is 9.55 Å². The summed E-state index contributed by atoms with van der Waals surface area (Å²) in [5, 5.41) is 0. The van der Waals surface area contributed by atoms with Gasteiger partial charge in [0, 0.05) is 56.4 Å². The fourth-order valence-electron chi connectivity index (χ4n) is 6.10. The molecule has 1 amide bonds. The first-order chi connectivity index (χ1) is 18.3. The van der Waals surface area contributed by atoms with Gasteiger partial charge in [0.25, 0.3) is 0 Å². The number of ether oxygens (including phenoxy) is 1. The molecule has 0 bridgehead atoms. The number of pyridine rings is 1. The molecule has 0 spiro atoms. The van der Waals surface area contributed by atoms with E-state index in [0.717, 1.165) is 36.9 Å². The van der Waals surface area contributed by atoms with Gasteiger partial charge >= 0.3 is 0 Å². The van der Waals surface area contributed by atoms with Gasteiger partial charge in [-0.3, -0.25) is 9.78 Å². The molecule has 1 aromatic carbocycles. The van der Waals surface area contributed by atoms with Crippen LogP contribution in [0.2, 0.25) is 0 Å². The molecule has 4 heterocycles. The van der Waals surface area contributed by atoms with Crippen LogP contribution in [0.1, 0.15) is 54.1 Å². The first-order valence-electron chi connectivity index (χ1n) is 13.3. The molecular formula is C29H36N4O4S. The monoisotopic (exact) mass is 536 g/mol. The first-order valence-corrected chi connectivity index (χ1v) is 14.7. The molecule has 1 fully saturated rings. The van der Waals surface area contributed by atoms with Crippen molar-refractivity contribution < 1.29 is 17.9 Å². The van der Waals surface area contributed by atoms with Crippen molar-refractivity contribution in [1.82, 2.24) is 18.8 Å². The molecule has 1 saturated heterocycles. The van der Waals surface area contributed by atoms with Crippen molar-refractivity contribution >= 4 is 15.9 Å². The van der Waals surface area contributed by atoms with Gasteiger partial charge in [0.2, 0.25) is 15.9 Å². The number of piperidine rings is 1. The number of carbonyl (C=O) groups is 1. The Morgan fingerprint density at radius 2 is 1.79 bits per heavy atom. The number of sulfonamides is 1. The molecule has 38 heavy (non-hydrogen) atoms. The number of rotatable bonds is 7. The molecule has 2 unspecified atom stereocenters. The first kappa shape index (κ1) is 26.4. The van der Waals surface area contributed by atoms with E-state index in [1.54, 1.807) is 49.8 Å². The lowest BCUT2D eigenvalue weighted by Crippen LogP contribution is -2.48. The minimum atomic E-state index is -3.87. The number of likely N-dealkylation sites (tertiary alicyclic amines) is 1. The summed E-state index contributed by atoms with van der Waals surface area (Å²) in [6.07, 6.45) is 9.42. The van der Waals surface area contributed by atoms with E-state index in [0.29, 0.717) is 41.4 Å². The summed E-state index contributed by atoms with van der Waals surface area (Å²) >= 11 is 0. The maximum absolute atomic E-state index is 14.2. The number of nitrogens with zero attached hydrogens (tertiary/aromatic N) is 4. The Balaban J connectivity index is 1.45. The molecule has 0 saturated carbocycles. The zero-order chi connectivity index (χ0) is 26.9. The third kappa shape index (κ3) is 5.09. The number of fused-ring (bicyclic) bond motifs is 1. The summed E-state index contributed by atoms with van der Waals surface area (Å²) in [5.41, 5.74) is 3.30. The predicted octanol–water partition coefficient (Wildman–Crippen LogP) is 4.27. The van der Waals surface area contributed by atoms with Gasteiger partial charge in [-0.25, -0.2) is 8.42 Å². The second-order valence-electron chi connectivity index (χ2n) is 10.3. The second-order valence-corrected chi connectivity index (χ2v) is 12.2. The van der Waals surface area contributed by atoms with Gasteiger partial charge in [-0.1, -0.05) is 0 Å². The lowest BCUT2D eigenvalue weighted by atomic mass is 9.95.